The number of ketones is 2. The zero-order valence-corrected chi connectivity index (χ0v) is 12.9. The number of hydrogen-bond acceptors (Lipinski definition) is 4. The van der Waals surface area contributed by atoms with Gasteiger partial charge < -0.3 is 4.74 Å². The van der Waals surface area contributed by atoms with Gasteiger partial charge in [0.15, 0.2) is 11.6 Å². The molecule has 0 radical (unpaired) electrons. The van der Waals surface area contributed by atoms with Gasteiger partial charge in [0, 0.05) is 28.7 Å². The highest BCUT2D eigenvalue weighted by atomic mass is 19.3. The lowest BCUT2D eigenvalue weighted by Crippen LogP contribution is -2.35. The molecule has 0 heterocycles. The van der Waals surface area contributed by atoms with Crippen LogP contribution in [0.4, 0.5) is 8.78 Å². The summed E-state index contributed by atoms with van der Waals surface area (Å²) in [6.45, 7) is 5.04. The molecule has 0 fully saturated rings. The van der Waals surface area contributed by atoms with E-state index >= 15 is 0 Å². The van der Waals surface area contributed by atoms with Gasteiger partial charge >= 0.3 is 11.9 Å². The van der Waals surface area contributed by atoms with Gasteiger partial charge in [-0.25, -0.2) is 4.79 Å². The van der Waals surface area contributed by atoms with Gasteiger partial charge in [-0.1, -0.05) is 32.8 Å². The molecule has 0 saturated heterocycles. The third kappa shape index (κ3) is 3.46. The molecular weight excluding hydrogens is 306 g/mol. The van der Waals surface area contributed by atoms with Crippen molar-refractivity contribution in [2.24, 2.45) is 0 Å². The first-order valence-electron chi connectivity index (χ1n) is 7.58. The first-order valence-corrected chi connectivity index (χ1v) is 7.58. The molecule has 0 amide bonds. The van der Waals surface area contributed by atoms with Crippen LogP contribution in [0, 0.1) is 0 Å². The summed E-state index contributed by atoms with van der Waals surface area (Å²) in [5.41, 5.74) is -0.891. The molecule has 6 heteroatoms. The van der Waals surface area contributed by atoms with Crippen LogP contribution in [-0.4, -0.2) is 30.1 Å². The lowest BCUT2D eigenvalue weighted by molar-refractivity contribution is -0.166. The second-order valence-corrected chi connectivity index (χ2v) is 5.63. The lowest BCUT2D eigenvalue weighted by atomic mass is 9.93. The molecule has 0 bridgehead atoms. The fourth-order valence-electron chi connectivity index (χ4n) is 2.33. The van der Waals surface area contributed by atoms with E-state index in [4.69, 9.17) is 0 Å². The van der Waals surface area contributed by atoms with Crippen LogP contribution in [-0.2, 0) is 19.1 Å². The predicted molar refractivity (Wildman–Crippen MR) is 78.9 cm³/mol. The van der Waals surface area contributed by atoms with Crippen molar-refractivity contribution in [3.05, 3.63) is 34.9 Å². The van der Waals surface area contributed by atoms with Crippen LogP contribution in [0.1, 0.15) is 39.0 Å². The number of Topliss-reactive ketones (excluding diaryl/α,β-unsaturated/α-hetero) is 1. The van der Waals surface area contributed by atoms with Crippen LogP contribution in [0.2, 0.25) is 0 Å². The molecule has 2 aliphatic carbocycles. The van der Waals surface area contributed by atoms with E-state index in [0.717, 1.165) is 25.3 Å². The van der Waals surface area contributed by atoms with E-state index in [-0.39, 0.29) is 18.6 Å². The minimum atomic E-state index is -4.03. The van der Waals surface area contributed by atoms with Crippen LogP contribution in [0.5, 0.6) is 0 Å². The molecule has 0 aromatic rings. The van der Waals surface area contributed by atoms with E-state index < -0.39 is 34.6 Å². The fourth-order valence-corrected chi connectivity index (χ4v) is 2.33. The number of rotatable bonds is 8. The first kappa shape index (κ1) is 17.2. The molecule has 4 nitrogen and oxygen atoms in total. The molecule has 0 spiro atoms. The van der Waals surface area contributed by atoms with Crippen molar-refractivity contribution in [3.63, 3.8) is 0 Å². The maximum Gasteiger partial charge on any atom is 0.381 e. The van der Waals surface area contributed by atoms with E-state index in [2.05, 4.69) is 11.3 Å². The number of carbonyl (C=O) groups is 3. The molecule has 124 valence electrons. The number of ether oxygens (including phenoxy) is 1. The van der Waals surface area contributed by atoms with Crippen LogP contribution in [0.25, 0.3) is 0 Å². The summed E-state index contributed by atoms with van der Waals surface area (Å²) >= 11 is 0. The van der Waals surface area contributed by atoms with Gasteiger partial charge in [0.2, 0.25) is 0 Å². The Kier molecular flexibility index (Phi) is 4.92. The van der Waals surface area contributed by atoms with Crippen molar-refractivity contribution < 1.29 is 27.9 Å². The fraction of sp³-hybridized carbons (Fsp3) is 0.471. The van der Waals surface area contributed by atoms with Gasteiger partial charge in [0.25, 0.3) is 0 Å². The van der Waals surface area contributed by atoms with Crippen molar-refractivity contribution in [1.82, 2.24) is 0 Å². The SMILES string of the molecule is C=C(C1=CC(=O)C2=C(C2)C1=O)C(F)(F)C(=O)OCCCCCC. The van der Waals surface area contributed by atoms with Crippen LogP contribution < -0.4 is 0 Å². The minimum Gasteiger partial charge on any atom is -0.461 e. The number of carbonyl (C=O) groups excluding carboxylic acids is 3. The average Bonchev–Trinajstić information content (AvgIpc) is 3.31. The van der Waals surface area contributed by atoms with Crippen molar-refractivity contribution in [1.29, 1.82) is 0 Å². The third-order valence-corrected chi connectivity index (χ3v) is 3.88. The molecule has 0 aromatic heterocycles. The summed E-state index contributed by atoms with van der Waals surface area (Å²) in [5, 5.41) is 0. The molecule has 0 saturated carbocycles. The number of allylic oxidation sites excluding steroid dienone is 4. The topological polar surface area (TPSA) is 60.4 Å². The molecule has 0 atom stereocenters. The number of alkyl halides is 2. The van der Waals surface area contributed by atoms with Gasteiger partial charge in [-0.05, 0) is 12.5 Å². The highest BCUT2D eigenvalue weighted by Crippen LogP contribution is 2.42. The molecule has 0 N–H and O–H groups in total. The number of halogens is 2. The van der Waals surface area contributed by atoms with E-state index in [1.807, 2.05) is 6.92 Å². The average molecular weight is 324 g/mol. The standard InChI is InChI=1S/C17H18F2O4/c1-3-4-5-6-7-23-16(22)17(18,19)10(2)11-9-14(20)12-8-13(12)15(11)21/h9H,2-8H2,1H3. The summed E-state index contributed by atoms with van der Waals surface area (Å²) in [5.74, 6) is -6.89. The minimum absolute atomic E-state index is 0.108. The van der Waals surface area contributed by atoms with E-state index in [9.17, 15) is 23.2 Å². The quantitative estimate of drug-likeness (QED) is 0.391. The van der Waals surface area contributed by atoms with E-state index in [1.54, 1.807) is 0 Å². The van der Waals surface area contributed by atoms with Gasteiger partial charge in [0.05, 0.1) is 6.61 Å². The maximum absolute atomic E-state index is 14.1. The van der Waals surface area contributed by atoms with E-state index in [0.29, 0.717) is 12.0 Å². The number of hydrogen-bond donors (Lipinski definition) is 0. The van der Waals surface area contributed by atoms with Gasteiger partial charge in [-0.3, -0.25) is 9.59 Å². The monoisotopic (exact) mass is 324 g/mol. The van der Waals surface area contributed by atoms with Gasteiger partial charge in [-0.15, -0.1) is 0 Å². The van der Waals surface area contributed by atoms with Crippen LogP contribution in [0.15, 0.2) is 34.9 Å². The Hall–Kier alpha value is -2.11. The zero-order valence-electron chi connectivity index (χ0n) is 12.9. The molecule has 0 aliphatic heterocycles. The lowest BCUT2D eigenvalue weighted by Gasteiger charge is -2.19. The summed E-state index contributed by atoms with van der Waals surface area (Å²) in [7, 11) is 0. The van der Waals surface area contributed by atoms with Crippen molar-refractivity contribution >= 4 is 17.5 Å². The summed E-state index contributed by atoms with van der Waals surface area (Å²) in [4.78, 5) is 35.1. The van der Waals surface area contributed by atoms with Gasteiger partial charge in [-0.2, -0.15) is 8.78 Å². The van der Waals surface area contributed by atoms with Gasteiger partial charge in [0.1, 0.15) is 0 Å². The Bertz CT molecular complexity index is 641. The second-order valence-electron chi connectivity index (χ2n) is 5.63. The molecule has 0 aromatic carbocycles. The maximum atomic E-state index is 14.1. The van der Waals surface area contributed by atoms with Crippen molar-refractivity contribution in [3.8, 4) is 0 Å². The zero-order chi connectivity index (χ0) is 17.2. The molecule has 2 rings (SSSR count). The van der Waals surface area contributed by atoms with Crippen LogP contribution >= 0.6 is 0 Å². The smallest absolute Gasteiger partial charge is 0.381 e. The number of unbranched alkanes of at least 4 members (excludes halogenated alkanes) is 3. The highest BCUT2D eigenvalue weighted by molar-refractivity contribution is 6.29. The second kappa shape index (κ2) is 6.56. The Morgan fingerprint density at radius 3 is 2.61 bits per heavy atom. The largest absolute Gasteiger partial charge is 0.461 e. The van der Waals surface area contributed by atoms with E-state index in [1.165, 1.54) is 0 Å². The van der Waals surface area contributed by atoms with Crippen molar-refractivity contribution in [2.75, 3.05) is 6.61 Å². The summed E-state index contributed by atoms with van der Waals surface area (Å²) < 4.78 is 32.8. The highest BCUT2D eigenvalue weighted by Gasteiger charge is 2.49. The van der Waals surface area contributed by atoms with Crippen molar-refractivity contribution in [2.45, 2.75) is 45.0 Å². The number of esters is 1. The Balaban J connectivity index is 1.98. The third-order valence-electron chi connectivity index (χ3n) is 3.88. The predicted octanol–water partition coefficient (Wildman–Crippen LogP) is 3.08. The molecule has 2 aliphatic rings. The Morgan fingerprint density at radius 1 is 1.26 bits per heavy atom. The molecular formula is C17H18F2O4. The normalized spacial score (nSPS) is 16.9. The Morgan fingerprint density at radius 2 is 1.96 bits per heavy atom. The van der Waals surface area contributed by atoms with Crippen LogP contribution in [0.3, 0.4) is 0 Å². The first-order chi connectivity index (χ1) is 10.8. The molecule has 23 heavy (non-hydrogen) atoms. The summed E-state index contributed by atoms with van der Waals surface area (Å²) in [6.07, 6.45) is 4.24. The Labute approximate surface area is 132 Å². The summed E-state index contributed by atoms with van der Waals surface area (Å²) in [6, 6.07) is 0. The molecule has 0 unspecified atom stereocenters.